The summed E-state index contributed by atoms with van der Waals surface area (Å²) in [4.78, 5) is 24.6. The van der Waals surface area contributed by atoms with Gasteiger partial charge >= 0.3 is 5.97 Å². The maximum Gasteiger partial charge on any atom is 0.335 e. The fourth-order valence-corrected chi connectivity index (χ4v) is 3.00. The lowest BCUT2D eigenvalue weighted by Crippen LogP contribution is -2.41. The predicted octanol–water partition coefficient (Wildman–Crippen LogP) is 1.33. The summed E-state index contributed by atoms with van der Waals surface area (Å²) in [6.07, 6.45) is 0. The Morgan fingerprint density at radius 3 is 2.20 bits per heavy atom. The molecule has 0 aliphatic rings. The highest BCUT2D eigenvalue weighted by Gasteiger charge is 2.22. The van der Waals surface area contributed by atoms with Crippen LogP contribution in [-0.4, -0.2) is 32.5 Å². The van der Waals surface area contributed by atoms with Crippen LogP contribution in [0.25, 0.3) is 0 Å². The van der Waals surface area contributed by atoms with Gasteiger partial charge in [-0.2, -0.15) is 0 Å². The number of ether oxygens (including phenoxy) is 1. The van der Waals surface area contributed by atoms with Gasteiger partial charge in [0.1, 0.15) is 10.6 Å². The molecule has 0 fully saturated rings. The summed E-state index contributed by atoms with van der Waals surface area (Å²) in [5.41, 5.74) is 3.06. The Labute approximate surface area is 144 Å². The highest BCUT2D eigenvalue weighted by atomic mass is 32.2. The number of rotatable bonds is 6. The van der Waals surface area contributed by atoms with Crippen LogP contribution in [-0.2, 0) is 10.0 Å². The number of carbonyl (C=O) groups excluding carboxylic acids is 1. The van der Waals surface area contributed by atoms with E-state index in [0.29, 0.717) is 0 Å². The number of hydrogen-bond donors (Lipinski definition) is 3. The molecule has 0 aromatic heterocycles. The quantitative estimate of drug-likeness (QED) is 0.665. The van der Waals surface area contributed by atoms with Crippen molar-refractivity contribution in [1.82, 2.24) is 10.3 Å². The number of carboxylic acids is 1. The van der Waals surface area contributed by atoms with E-state index in [9.17, 15) is 18.0 Å². The SMILES string of the molecule is COc1ccc(C(=O)O)cc1S(=O)(=O)NNC(=O)c1ccc(C)cc1. The van der Waals surface area contributed by atoms with Crippen molar-refractivity contribution in [2.24, 2.45) is 0 Å². The standard InChI is InChI=1S/C16H16N2O6S/c1-10-3-5-11(6-4-10)15(19)17-18-25(22,23)14-9-12(16(20)21)7-8-13(14)24-2/h3-9,18H,1-2H3,(H,17,19)(H,20,21). The molecule has 0 aliphatic heterocycles. The topological polar surface area (TPSA) is 122 Å². The maximum atomic E-state index is 12.4. The number of hydrogen-bond acceptors (Lipinski definition) is 5. The van der Waals surface area contributed by atoms with Gasteiger partial charge in [-0.25, -0.2) is 13.2 Å². The van der Waals surface area contributed by atoms with E-state index in [1.807, 2.05) is 11.8 Å². The molecule has 0 spiro atoms. The van der Waals surface area contributed by atoms with Crippen molar-refractivity contribution in [3.05, 3.63) is 59.2 Å². The van der Waals surface area contributed by atoms with E-state index in [0.717, 1.165) is 11.6 Å². The molecule has 0 unspecified atom stereocenters. The minimum Gasteiger partial charge on any atom is -0.495 e. The van der Waals surface area contributed by atoms with Crippen LogP contribution in [0.2, 0.25) is 0 Å². The third-order valence-electron chi connectivity index (χ3n) is 3.31. The van der Waals surface area contributed by atoms with Gasteiger partial charge in [0.15, 0.2) is 0 Å². The number of methoxy groups -OCH3 is 1. The molecule has 0 heterocycles. The zero-order valence-electron chi connectivity index (χ0n) is 13.4. The van der Waals surface area contributed by atoms with Crippen LogP contribution >= 0.6 is 0 Å². The van der Waals surface area contributed by atoms with Gasteiger partial charge in [-0.15, -0.1) is 4.83 Å². The molecule has 2 aromatic rings. The van der Waals surface area contributed by atoms with Gasteiger partial charge in [-0.3, -0.25) is 10.2 Å². The summed E-state index contributed by atoms with van der Waals surface area (Å²) >= 11 is 0. The van der Waals surface area contributed by atoms with E-state index in [1.54, 1.807) is 24.3 Å². The van der Waals surface area contributed by atoms with Crippen molar-refractivity contribution in [1.29, 1.82) is 0 Å². The zero-order chi connectivity index (χ0) is 18.6. The van der Waals surface area contributed by atoms with Crippen molar-refractivity contribution >= 4 is 21.9 Å². The number of aryl methyl sites for hydroxylation is 1. The minimum absolute atomic E-state index is 0.0536. The third-order valence-corrected chi connectivity index (χ3v) is 4.58. The molecular weight excluding hydrogens is 348 g/mol. The number of carboxylic acid groups (broad SMARTS) is 1. The molecule has 0 bridgehead atoms. The lowest BCUT2D eigenvalue weighted by Gasteiger charge is -2.12. The molecule has 0 saturated carbocycles. The summed E-state index contributed by atoms with van der Waals surface area (Å²) < 4.78 is 29.7. The van der Waals surface area contributed by atoms with E-state index in [2.05, 4.69) is 5.43 Å². The van der Waals surface area contributed by atoms with Crippen LogP contribution in [0.4, 0.5) is 0 Å². The first-order valence-corrected chi connectivity index (χ1v) is 8.53. The van der Waals surface area contributed by atoms with Gasteiger partial charge in [0.2, 0.25) is 0 Å². The number of hydrazine groups is 1. The summed E-state index contributed by atoms with van der Waals surface area (Å²) in [6.45, 7) is 1.85. The molecule has 132 valence electrons. The number of nitrogens with one attached hydrogen (secondary N) is 2. The van der Waals surface area contributed by atoms with Crippen LogP contribution in [0.3, 0.4) is 0 Å². The Morgan fingerprint density at radius 1 is 1.04 bits per heavy atom. The maximum absolute atomic E-state index is 12.4. The normalized spacial score (nSPS) is 11.0. The van der Waals surface area contributed by atoms with Crippen molar-refractivity contribution in [3.8, 4) is 5.75 Å². The lowest BCUT2D eigenvalue weighted by atomic mass is 10.1. The first kappa shape index (κ1) is 18.4. The van der Waals surface area contributed by atoms with Gasteiger partial charge in [0.25, 0.3) is 15.9 Å². The van der Waals surface area contributed by atoms with Gasteiger partial charge < -0.3 is 9.84 Å². The minimum atomic E-state index is -4.24. The number of carbonyl (C=O) groups is 2. The van der Waals surface area contributed by atoms with Crippen LogP contribution in [0.5, 0.6) is 5.75 Å². The molecule has 0 radical (unpaired) electrons. The summed E-state index contributed by atoms with van der Waals surface area (Å²) in [5.74, 6) is -2.00. The van der Waals surface area contributed by atoms with Crippen LogP contribution in [0, 0.1) is 6.92 Å². The van der Waals surface area contributed by atoms with Gasteiger partial charge in [0.05, 0.1) is 12.7 Å². The fraction of sp³-hybridized carbons (Fsp3) is 0.125. The molecule has 8 nitrogen and oxygen atoms in total. The van der Waals surface area contributed by atoms with Crippen molar-refractivity contribution < 1.29 is 27.9 Å². The van der Waals surface area contributed by atoms with Crippen LogP contribution in [0.15, 0.2) is 47.4 Å². The lowest BCUT2D eigenvalue weighted by molar-refractivity contribution is 0.0696. The second kappa shape index (κ2) is 7.32. The van der Waals surface area contributed by atoms with Gasteiger partial charge in [-0.1, -0.05) is 17.7 Å². The Balaban J connectivity index is 2.24. The Hall–Kier alpha value is -2.91. The molecule has 0 saturated heterocycles. The smallest absolute Gasteiger partial charge is 0.335 e. The molecule has 2 aromatic carbocycles. The van der Waals surface area contributed by atoms with Crippen molar-refractivity contribution in [2.45, 2.75) is 11.8 Å². The van der Waals surface area contributed by atoms with E-state index in [-0.39, 0.29) is 16.9 Å². The van der Waals surface area contributed by atoms with E-state index >= 15 is 0 Å². The van der Waals surface area contributed by atoms with Gasteiger partial charge in [-0.05, 0) is 37.3 Å². The largest absolute Gasteiger partial charge is 0.495 e. The monoisotopic (exact) mass is 364 g/mol. The zero-order valence-corrected chi connectivity index (χ0v) is 14.3. The Morgan fingerprint density at radius 2 is 1.64 bits per heavy atom. The molecule has 25 heavy (non-hydrogen) atoms. The molecule has 9 heteroatoms. The highest BCUT2D eigenvalue weighted by molar-refractivity contribution is 7.89. The average Bonchev–Trinajstić information content (AvgIpc) is 2.59. The number of benzene rings is 2. The van der Waals surface area contributed by atoms with E-state index in [1.165, 1.54) is 19.2 Å². The number of amides is 1. The first-order chi connectivity index (χ1) is 11.7. The molecule has 3 N–H and O–H groups in total. The highest BCUT2D eigenvalue weighted by Crippen LogP contribution is 2.24. The van der Waals surface area contributed by atoms with Gasteiger partial charge in [0, 0.05) is 5.56 Å². The number of sulfonamides is 1. The van der Waals surface area contributed by atoms with Crippen molar-refractivity contribution in [3.63, 3.8) is 0 Å². The molecule has 2 rings (SSSR count). The summed E-state index contributed by atoms with van der Waals surface area (Å²) in [6, 6.07) is 9.90. The molecule has 1 amide bonds. The predicted molar refractivity (Wildman–Crippen MR) is 88.9 cm³/mol. The van der Waals surface area contributed by atoms with E-state index < -0.39 is 26.8 Å². The molecular formula is C16H16N2O6S. The van der Waals surface area contributed by atoms with Crippen LogP contribution in [0.1, 0.15) is 26.3 Å². The molecule has 0 atom stereocenters. The Bertz CT molecular complexity index is 907. The van der Waals surface area contributed by atoms with Crippen LogP contribution < -0.4 is 15.0 Å². The summed E-state index contributed by atoms with van der Waals surface area (Å²) in [7, 11) is -2.99. The van der Waals surface area contributed by atoms with Crippen molar-refractivity contribution in [2.75, 3.05) is 7.11 Å². The van der Waals surface area contributed by atoms with E-state index in [4.69, 9.17) is 9.84 Å². The number of aromatic carboxylic acids is 1. The molecule has 0 aliphatic carbocycles. The third kappa shape index (κ3) is 4.34. The second-order valence-corrected chi connectivity index (χ2v) is 6.75. The second-order valence-electron chi connectivity index (χ2n) is 5.10. The average molecular weight is 364 g/mol. The first-order valence-electron chi connectivity index (χ1n) is 7.05. The Kier molecular flexibility index (Phi) is 5.40. The fourth-order valence-electron chi connectivity index (χ4n) is 1.97. The summed E-state index contributed by atoms with van der Waals surface area (Å²) in [5, 5.41) is 9.00.